The maximum atomic E-state index is 14.5. The Morgan fingerprint density at radius 2 is 1.84 bits per heavy atom. The number of pyridine rings is 1. The molecule has 154 valence electrons. The van der Waals surface area contributed by atoms with E-state index in [9.17, 15) is 4.39 Å². The summed E-state index contributed by atoms with van der Waals surface area (Å²) in [6.45, 7) is 2.83. The van der Waals surface area contributed by atoms with Crippen LogP contribution >= 0.6 is 0 Å². The summed E-state index contributed by atoms with van der Waals surface area (Å²) in [5, 5.41) is 19.8. The molecule has 0 unspecified atom stereocenters. The van der Waals surface area contributed by atoms with E-state index in [1.165, 1.54) is 6.07 Å². The quantitative estimate of drug-likeness (QED) is 0.481. The van der Waals surface area contributed by atoms with Crippen molar-refractivity contribution in [3.8, 4) is 16.9 Å². The summed E-state index contributed by atoms with van der Waals surface area (Å²) in [7, 11) is 0. The molecule has 1 aliphatic rings. The van der Waals surface area contributed by atoms with E-state index in [2.05, 4.69) is 30.7 Å². The fourth-order valence-corrected chi connectivity index (χ4v) is 4.06. The van der Waals surface area contributed by atoms with Gasteiger partial charge in [0.15, 0.2) is 11.3 Å². The van der Waals surface area contributed by atoms with Crippen molar-refractivity contribution in [1.29, 1.82) is 0 Å². The van der Waals surface area contributed by atoms with Crippen molar-refractivity contribution in [3.63, 3.8) is 0 Å². The van der Waals surface area contributed by atoms with Crippen LogP contribution in [0, 0.1) is 12.7 Å². The van der Waals surface area contributed by atoms with Gasteiger partial charge in [-0.15, -0.1) is 20.4 Å². The monoisotopic (exact) mass is 416 g/mol. The fourth-order valence-electron chi connectivity index (χ4n) is 4.06. The molecule has 0 spiro atoms. The van der Waals surface area contributed by atoms with E-state index in [1.54, 1.807) is 29.3 Å². The third-order valence-corrected chi connectivity index (χ3v) is 5.65. The summed E-state index contributed by atoms with van der Waals surface area (Å²) in [5.74, 6) is 0.999. The predicted octanol–water partition coefficient (Wildman–Crippen LogP) is 2.83. The summed E-state index contributed by atoms with van der Waals surface area (Å²) in [6, 6.07) is 7.08. The molecule has 0 radical (unpaired) electrons. The molecule has 6 rings (SSSR count). The Kier molecular flexibility index (Phi) is 3.85. The van der Waals surface area contributed by atoms with Crippen LogP contribution < -0.4 is 10.1 Å². The molecule has 0 bridgehead atoms. The number of ether oxygens (including phenoxy) is 1. The fraction of sp³-hybridized carbons (Fsp3) is 0.190. The first-order valence-corrected chi connectivity index (χ1v) is 9.86. The number of hydrogen-bond donors (Lipinski definition) is 1. The topological polar surface area (TPSA) is 94.5 Å². The average Bonchev–Trinajstić information content (AvgIpc) is 3.53. The molecule has 5 aromatic rings. The number of benzene rings is 1. The second-order valence-corrected chi connectivity index (χ2v) is 7.39. The van der Waals surface area contributed by atoms with Crippen molar-refractivity contribution in [1.82, 2.24) is 34.2 Å². The standard InChI is InChI=1S/C21H17FN8O/c1-12-2-3-14(19-27-25-10-29(12)19)16-9-24-21(30-11-26-28-20(16)30)23-8-15-13-6-7-31-18(13)5-4-17(15)22/h2-5,9-11H,6-8H2,1H3,(H,23,24). The smallest absolute Gasteiger partial charge is 0.210 e. The van der Waals surface area contributed by atoms with Crippen LogP contribution in [0.25, 0.3) is 22.4 Å². The summed E-state index contributed by atoms with van der Waals surface area (Å²) in [5.41, 5.74) is 5.48. The van der Waals surface area contributed by atoms with Gasteiger partial charge in [0.2, 0.25) is 5.95 Å². The molecule has 0 atom stereocenters. The lowest BCUT2D eigenvalue weighted by molar-refractivity contribution is 0.356. The van der Waals surface area contributed by atoms with Gasteiger partial charge < -0.3 is 10.1 Å². The van der Waals surface area contributed by atoms with Crippen LogP contribution in [0.5, 0.6) is 5.75 Å². The van der Waals surface area contributed by atoms with Gasteiger partial charge in [0.1, 0.15) is 24.2 Å². The van der Waals surface area contributed by atoms with Crippen LogP contribution in [0.4, 0.5) is 10.3 Å². The molecule has 1 aliphatic heterocycles. The van der Waals surface area contributed by atoms with Crippen LogP contribution in [0.15, 0.2) is 43.1 Å². The zero-order chi connectivity index (χ0) is 20.9. The molecule has 0 saturated carbocycles. The molecule has 0 aliphatic carbocycles. The SMILES string of the molecule is Cc1ccc(-c2cnc(NCc3c(F)ccc4c3CCO4)n3cnnc23)c2nncn12. The molecule has 0 amide bonds. The van der Waals surface area contributed by atoms with E-state index >= 15 is 0 Å². The first-order chi connectivity index (χ1) is 15.2. The van der Waals surface area contributed by atoms with E-state index < -0.39 is 0 Å². The van der Waals surface area contributed by atoms with E-state index in [4.69, 9.17) is 4.74 Å². The Balaban J connectivity index is 1.40. The highest BCUT2D eigenvalue weighted by Crippen LogP contribution is 2.31. The average molecular weight is 416 g/mol. The lowest BCUT2D eigenvalue weighted by Crippen LogP contribution is -2.10. The van der Waals surface area contributed by atoms with Crippen LogP contribution in [-0.4, -0.2) is 40.8 Å². The van der Waals surface area contributed by atoms with Gasteiger partial charge in [0.05, 0.1) is 6.61 Å². The van der Waals surface area contributed by atoms with Gasteiger partial charge in [-0.1, -0.05) is 0 Å². The van der Waals surface area contributed by atoms with Crippen LogP contribution in [0.1, 0.15) is 16.8 Å². The van der Waals surface area contributed by atoms with Gasteiger partial charge in [-0.25, -0.2) is 9.37 Å². The normalized spacial score (nSPS) is 13.0. The molecule has 5 heterocycles. The highest BCUT2D eigenvalue weighted by atomic mass is 19.1. The van der Waals surface area contributed by atoms with Gasteiger partial charge in [-0.05, 0) is 31.2 Å². The molecular formula is C21H17FN8O. The number of hydrogen-bond acceptors (Lipinski definition) is 7. The Hall–Kier alpha value is -4.08. The van der Waals surface area contributed by atoms with Gasteiger partial charge in [-0.3, -0.25) is 8.80 Å². The number of aryl methyl sites for hydroxylation is 1. The molecule has 0 saturated heterocycles. The molecule has 1 N–H and O–H groups in total. The summed E-state index contributed by atoms with van der Waals surface area (Å²) in [6.07, 6.45) is 5.67. The molecule has 31 heavy (non-hydrogen) atoms. The number of rotatable bonds is 4. The van der Waals surface area contributed by atoms with Crippen molar-refractivity contribution in [2.75, 3.05) is 11.9 Å². The highest BCUT2D eigenvalue weighted by molar-refractivity contribution is 5.86. The number of nitrogens with zero attached hydrogens (tertiary/aromatic N) is 7. The van der Waals surface area contributed by atoms with Crippen LogP contribution in [0.3, 0.4) is 0 Å². The van der Waals surface area contributed by atoms with Gasteiger partial charge in [0.25, 0.3) is 0 Å². The minimum absolute atomic E-state index is 0.262. The zero-order valence-electron chi connectivity index (χ0n) is 16.6. The summed E-state index contributed by atoms with van der Waals surface area (Å²) in [4.78, 5) is 4.57. The molecule has 1 aromatic carbocycles. The van der Waals surface area contributed by atoms with E-state index in [0.29, 0.717) is 35.8 Å². The number of aromatic nitrogens is 7. The Labute approximate surface area is 175 Å². The number of fused-ring (bicyclic) bond motifs is 3. The van der Waals surface area contributed by atoms with Crippen molar-refractivity contribution >= 4 is 17.2 Å². The second kappa shape index (κ2) is 6.73. The van der Waals surface area contributed by atoms with Crippen molar-refractivity contribution in [2.45, 2.75) is 19.9 Å². The minimum atomic E-state index is -0.262. The predicted molar refractivity (Wildman–Crippen MR) is 110 cm³/mol. The first kappa shape index (κ1) is 17.8. The van der Waals surface area contributed by atoms with E-state index in [-0.39, 0.29) is 12.4 Å². The van der Waals surface area contributed by atoms with Crippen LogP contribution in [-0.2, 0) is 13.0 Å². The molecule has 10 heteroatoms. The van der Waals surface area contributed by atoms with Gasteiger partial charge in [0, 0.05) is 47.1 Å². The summed E-state index contributed by atoms with van der Waals surface area (Å²) >= 11 is 0. The van der Waals surface area contributed by atoms with Gasteiger partial charge >= 0.3 is 0 Å². The highest BCUT2D eigenvalue weighted by Gasteiger charge is 2.20. The third kappa shape index (κ3) is 2.71. The van der Waals surface area contributed by atoms with Crippen molar-refractivity contribution in [3.05, 3.63) is 65.8 Å². The first-order valence-electron chi connectivity index (χ1n) is 9.86. The maximum absolute atomic E-state index is 14.5. The van der Waals surface area contributed by atoms with Crippen molar-refractivity contribution in [2.24, 2.45) is 0 Å². The Morgan fingerprint density at radius 3 is 2.71 bits per heavy atom. The Morgan fingerprint density at radius 1 is 1.03 bits per heavy atom. The number of halogens is 1. The zero-order valence-corrected chi connectivity index (χ0v) is 16.6. The minimum Gasteiger partial charge on any atom is -0.493 e. The summed E-state index contributed by atoms with van der Waals surface area (Å²) < 4.78 is 23.7. The second-order valence-electron chi connectivity index (χ2n) is 7.39. The van der Waals surface area contributed by atoms with Crippen molar-refractivity contribution < 1.29 is 9.13 Å². The largest absolute Gasteiger partial charge is 0.493 e. The molecule has 4 aromatic heterocycles. The molecule has 9 nitrogen and oxygen atoms in total. The molecular weight excluding hydrogens is 399 g/mol. The Bertz CT molecular complexity index is 1460. The third-order valence-electron chi connectivity index (χ3n) is 5.65. The number of anilines is 1. The lowest BCUT2D eigenvalue weighted by atomic mass is 10.0. The van der Waals surface area contributed by atoms with Crippen LogP contribution in [0.2, 0.25) is 0 Å². The maximum Gasteiger partial charge on any atom is 0.210 e. The molecule has 0 fully saturated rings. The van der Waals surface area contributed by atoms with Gasteiger partial charge in [-0.2, -0.15) is 0 Å². The van der Waals surface area contributed by atoms with E-state index in [0.717, 1.165) is 28.1 Å². The van der Waals surface area contributed by atoms with E-state index in [1.807, 2.05) is 23.5 Å². The number of nitrogens with one attached hydrogen (secondary N) is 1. The lowest BCUT2D eigenvalue weighted by Gasteiger charge is -2.13.